The second-order valence-electron chi connectivity index (χ2n) is 7.52. The van der Waals surface area contributed by atoms with Crippen LogP contribution in [0, 0.1) is 5.82 Å². The van der Waals surface area contributed by atoms with Gasteiger partial charge in [-0.05, 0) is 40.8 Å². The van der Waals surface area contributed by atoms with E-state index in [9.17, 15) is 14.0 Å². The molecule has 0 bridgehead atoms. The molecule has 0 saturated carbocycles. The van der Waals surface area contributed by atoms with Crippen molar-refractivity contribution in [2.24, 2.45) is 0 Å². The van der Waals surface area contributed by atoms with Crippen molar-refractivity contribution in [2.45, 2.75) is 19.0 Å². The van der Waals surface area contributed by atoms with E-state index in [0.717, 1.165) is 10.4 Å². The molecule has 6 heteroatoms. The molecular weight excluding hydrogens is 435 g/mol. The number of carbonyl (C=O) groups excluding carboxylic acids is 2. The number of hydrogen-bond acceptors (Lipinski definition) is 3. The fourth-order valence-electron chi connectivity index (χ4n) is 3.65. The molecule has 0 aliphatic rings. The molecule has 1 atom stereocenters. The van der Waals surface area contributed by atoms with Crippen molar-refractivity contribution in [3.8, 4) is 0 Å². The molecule has 2 amide bonds. The fourth-order valence-corrected chi connectivity index (χ4v) is 4.34. The summed E-state index contributed by atoms with van der Waals surface area (Å²) in [6.07, 6.45) is 0.115. The zero-order valence-corrected chi connectivity index (χ0v) is 18.7. The SMILES string of the molecule is O=C(NCc1ccccc1)C(c1ccccc1)N(C(=O)Cc1cccs1)c1cccc(F)c1. The molecule has 4 rings (SSSR count). The number of anilines is 1. The van der Waals surface area contributed by atoms with Gasteiger partial charge in [-0.3, -0.25) is 14.5 Å². The number of nitrogens with zero attached hydrogens (tertiary/aromatic N) is 1. The lowest BCUT2D eigenvalue weighted by atomic mass is 10.0. The number of halogens is 1. The molecule has 0 spiro atoms. The number of rotatable bonds is 8. The molecule has 0 saturated heterocycles. The Morgan fingerprint density at radius 2 is 1.61 bits per heavy atom. The molecule has 4 aromatic rings. The largest absolute Gasteiger partial charge is 0.350 e. The van der Waals surface area contributed by atoms with Crippen LogP contribution in [0.1, 0.15) is 22.0 Å². The summed E-state index contributed by atoms with van der Waals surface area (Å²) in [5.74, 6) is -1.10. The number of carbonyl (C=O) groups is 2. The van der Waals surface area contributed by atoms with Gasteiger partial charge in [0.05, 0.1) is 6.42 Å². The maximum atomic E-state index is 14.2. The molecule has 1 aromatic heterocycles. The first kappa shape index (κ1) is 22.4. The lowest BCUT2D eigenvalue weighted by Gasteiger charge is -2.31. The number of hydrogen-bond donors (Lipinski definition) is 1. The van der Waals surface area contributed by atoms with Gasteiger partial charge in [0.25, 0.3) is 0 Å². The van der Waals surface area contributed by atoms with Gasteiger partial charge in [0, 0.05) is 17.1 Å². The average molecular weight is 459 g/mol. The monoisotopic (exact) mass is 458 g/mol. The van der Waals surface area contributed by atoms with E-state index < -0.39 is 11.9 Å². The van der Waals surface area contributed by atoms with Gasteiger partial charge in [-0.1, -0.05) is 72.8 Å². The number of amides is 2. The van der Waals surface area contributed by atoms with Crippen molar-refractivity contribution in [2.75, 3.05) is 4.90 Å². The van der Waals surface area contributed by atoms with E-state index in [4.69, 9.17) is 0 Å². The third-order valence-electron chi connectivity index (χ3n) is 5.19. The Morgan fingerprint density at radius 3 is 2.27 bits per heavy atom. The highest BCUT2D eigenvalue weighted by Crippen LogP contribution is 2.30. The Kier molecular flexibility index (Phi) is 7.27. The molecule has 1 heterocycles. The van der Waals surface area contributed by atoms with Gasteiger partial charge in [-0.2, -0.15) is 0 Å². The number of benzene rings is 3. The van der Waals surface area contributed by atoms with Gasteiger partial charge in [0.15, 0.2) is 0 Å². The van der Waals surface area contributed by atoms with E-state index in [1.807, 2.05) is 66.0 Å². The van der Waals surface area contributed by atoms with Gasteiger partial charge in [0.2, 0.25) is 11.8 Å². The minimum absolute atomic E-state index is 0.115. The lowest BCUT2D eigenvalue weighted by Crippen LogP contribution is -2.44. The van der Waals surface area contributed by atoms with E-state index in [1.54, 1.807) is 24.3 Å². The first-order valence-corrected chi connectivity index (χ1v) is 11.5. The molecule has 0 fully saturated rings. The van der Waals surface area contributed by atoms with Crippen molar-refractivity contribution in [3.05, 3.63) is 124 Å². The van der Waals surface area contributed by atoms with Gasteiger partial charge in [-0.25, -0.2) is 4.39 Å². The molecule has 0 radical (unpaired) electrons. The minimum atomic E-state index is -0.954. The maximum Gasteiger partial charge on any atom is 0.248 e. The lowest BCUT2D eigenvalue weighted by molar-refractivity contribution is -0.126. The summed E-state index contributed by atoms with van der Waals surface area (Å²) in [6.45, 7) is 0.319. The van der Waals surface area contributed by atoms with Gasteiger partial charge in [0.1, 0.15) is 11.9 Å². The Morgan fingerprint density at radius 1 is 0.879 bits per heavy atom. The van der Waals surface area contributed by atoms with Crippen LogP contribution in [0.3, 0.4) is 0 Å². The van der Waals surface area contributed by atoms with E-state index in [2.05, 4.69) is 5.32 Å². The summed E-state index contributed by atoms with van der Waals surface area (Å²) in [4.78, 5) is 29.3. The van der Waals surface area contributed by atoms with Crippen LogP contribution in [0.5, 0.6) is 0 Å². The van der Waals surface area contributed by atoms with Crippen LogP contribution in [-0.4, -0.2) is 11.8 Å². The zero-order chi connectivity index (χ0) is 23.0. The Labute approximate surface area is 196 Å². The topological polar surface area (TPSA) is 49.4 Å². The van der Waals surface area contributed by atoms with Crippen molar-refractivity contribution >= 4 is 28.8 Å². The summed E-state index contributed by atoms with van der Waals surface area (Å²) in [6, 6.07) is 27.2. The maximum absolute atomic E-state index is 14.2. The average Bonchev–Trinajstić information content (AvgIpc) is 3.35. The number of thiophene rings is 1. The van der Waals surface area contributed by atoms with Crippen LogP contribution in [-0.2, 0) is 22.6 Å². The van der Waals surface area contributed by atoms with E-state index in [1.165, 1.54) is 28.4 Å². The van der Waals surface area contributed by atoms with Crippen LogP contribution >= 0.6 is 11.3 Å². The highest BCUT2D eigenvalue weighted by molar-refractivity contribution is 7.10. The van der Waals surface area contributed by atoms with E-state index in [0.29, 0.717) is 17.8 Å². The van der Waals surface area contributed by atoms with Crippen molar-refractivity contribution in [3.63, 3.8) is 0 Å². The van der Waals surface area contributed by atoms with Crippen molar-refractivity contribution in [1.82, 2.24) is 5.32 Å². The Bertz CT molecular complexity index is 1200. The number of nitrogens with one attached hydrogen (secondary N) is 1. The Balaban J connectivity index is 1.72. The molecule has 0 aliphatic carbocycles. The summed E-state index contributed by atoms with van der Waals surface area (Å²) in [7, 11) is 0. The molecule has 0 aliphatic heterocycles. The van der Waals surface area contributed by atoms with E-state index in [-0.39, 0.29) is 18.2 Å². The predicted molar refractivity (Wildman–Crippen MR) is 129 cm³/mol. The summed E-state index contributed by atoms with van der Waals surface area (Å²) in [5, 5.41) is 4.85. The second-order valence-corrected chi connectivity index (χ2v) is 8.55. The van der Waals surface area contributed by atoms with Crippen LogP contribution in [0.2, 0.25) is 0 Å². The third kappa shape index (κ3) is 5.73. The summed E-state index contributed by atoms with van der Waals surface area (Å²) >= 11 is 1.47. The Hall–Kier alpha value is -3.77. The van der Waals surface area contributed by atoms with Crippen LogP contribution in [0.25, 0.3) is 0 Å². The third-order valence-corrected chi connectivity index (χ3v) is 6.07. The quantitative estimate of drug-likeness (QED) is 0.378. The van der Waals surface area contributed by atoms with Gasteiger partial charge in [-0.15, -0.1) is 11.3 Å². The molecule has 166 valence electrons. The summed E-state index contributed by atoms with van der Waals surface area (Å²) in [5.41, 5.74) is 1.92. The zero-order valence-electron chi connectivity index (χ0n) is 17.9. The molecule has 1 unspecified atom stereocenters. The fraction of sp³-hybridized carbons (Fsp3) is 0.111. The smallest absolute Gasteiger partial charge is 0.248 e. The summed E-state index contributed by atoms with van der Waals surface area (Å²) < 4.78 is 14.2. The molecule has 3 aromatic carbocycles. The van der Waals surface area contributed by atoms with Crippen molar-refractivity contribution < 1.29 is 14.0 Å². The standard InChI is InChI=1S/C27H23FN2O2S/c28-22-13-7-14-23(17-22)30(25(31)18-24-15-8-16-33-24)26(21-11-5-2-6-12-21)27(32)29-19-20-9-3-1-4-10-20/h1-17,26H,18-19H2,(H,29,32). The minimum Gasteiger partial charge on any atom is -0.350 e. The highest BCUT2D eigenvalue weighted by atomic mass is 32.1. The molecule has 1 N–H and O–H groups in total. The highest BCUT2D eigenvalue weighted by Gasteiger charge is 2.33. The van der Waals surface area contributed by atoms with Gasteiger partial charge >= 0.3 is 0 Å². The van der Waals surface area contributed by atoms with Crippen LogP contribution in [0.15, 0.2) is 102 Å². The van der Waals surface area contributed by atoms with Crippen LogP contribution in [0.4, 0.5) is 10.1 Å². The first-order valence-electron chi connectivity index (χ1n) is 10.6. The predicted octanol–water partition coefficient (Wildman–Crippen LogP) is 5.52. The van der Waals surface area contributed by atoms with Gasteiger partial charge < -0.3 is 5.32 Å². The first-order chi connectivity index (χ1) is 16.1. The van der Waals surface area contributed by atoms with Crippen LogP contribution < -0.4 is 10.2 Å². The van der Waals surface area contributed by atoms with Crippen molar-refractivity contribution in [1.29, 1.82) is 0 Å². The molecular formula is C27H23FN2O2S. The van der Waals surface area contributed by atoms with E-state index >= 15 is 0 Å². The second kappa shape index (κ2) is 10.7. The normalized spacial score (nSPS) is 11.5. The molecule has 4 nitrogen and oxygen atoms in total. The molecule has 33 heavy (non-hydrogen) atoms.